The van der Waals surface area contributed by atoms with Crippen molar-refractivity contribution in [1.82, 2.24) is 10.2 Å². The Morgan fingerprint density at radius 2 is 1.72 bits per heavy atom. The fourth-order valence-corrected chi connectivity index (χ4v) is 6.91. The second kappa shape index (κ2) is 13.3. The summed E-state index contributed by atoms with van der Waals surface area (Å²) in [6, 6.07) is 14.1. The van der Waals surface area contributed by atoms with E-state index in [0.29, 0.717) is 50.4 Å². The summed E-state index contributed by atoms with van der Waals surface area (Å²) in [5, 5.41) is 21.0. The summed E-state index contributed by atoms with van der Waals surface area (Å²) < 4.78 is 25.6. The highest BCUT2D eigenvalue weighted by atomic mass is 35.5. The number of ether oxygens (including phenoxy) is 2. The fourth-order valence-electron chi connectivity index (χ4n) is 4.48. The zero-order valence-corrected chi connectivity index (χ0v) is 26.0. The molecule has 8 nitrogen and oxygen atoms in total. The summed E-state index contributed by atoms with van der Waals surface area (Å²) >= 11 is 14.8. The molecular formula is C30H24Cl2FN3O5S2. The first-order valence-corrected chi connectivity index (χ1v) is 15.6. The predicted molar refractivity (Wildman–Crippen MR) is 166 cm³/mol. The molecule has 1 saturated heterocycles. The number of amides is 1. The van der Waals surface area contributed by atoms with Gasteiger partial charge in [0.2, 0.25) is 5.13 Å². The van der Waals surface area contributed by atoms with Crippen LogP contribution in [0.5, 0.6) is 11.5 Å². The second-order valence-corrected chi connectivity index (χ2v) is 12.1. The number of rotatable bonds is 10. The average Bonchev–Trinajstić information content (AvgIpc) is 3.55. The molecule has 4 aromatic rings. The zero-order valence-electron chi connectivity index (χ0n) is 22.8. The van der Waals surface area contributed by atoms with Gasteiger partial charge in [-0.25, -0.2) is 4.39 Å². The van der Waals surface area contributed by atoms with Crippen molar-refractivity contribution in [2.24, 2.45) is 0 Å². The molecule has 0 radical (unpaired) electrons. The van der Waals surface area contributed by atoms with E-state index in [2.05, 4.69) is 10.2 Å². The number of ketones is 1. The highest BCUT2D eigenvalue weighted by Crippen LogP contribution is 2.46. The molecule has 5 rings (SSSR count). The molecule has 43 heavy (non-hydrogen) atoms. The van der Waals surface area contributed by atoms with E-state index in [1.54, 1.807) is 30.3 Å². The Morgan fingerprint density at radius 1 is 1.00 bits per heavy atom. The molecule has 222 valence electrons. The molecule has 0 aliphatic carbocycles. The van der Waals surface area contributed by atoms with E-state index in [1.807, 2.05) is 19.9 Å². The van der Waals surface area contributed by atoms with Crippen LogP contribution in [-0.2, 0) is 15.3 Å². The van der Waals surface area contributed by atoms with Crippen molar-refractivity contribution < 1.29 is 28.6 Å². The molecule has 1 atom stereocenters. The van der Waals surface area contributed by atoms with Crippen LogP contribution in [-0.4, -0.2) is 40.2 Å². The first-order valence-electron chi connectivity index (χ1n) is 13.1. The summed E-state index contributed by atoms with van der Waals surface area (Å²) in [4.78, 5) is 28.3. The minimum atomic E-state index is -1.09. The molecule has 13 heteroatoms. The van der Waals surface area contributed by atoms with E-state index in [9.17, 15) is 19.1 Å². The highest BCUT2D eigenvalue weighted by molar-refractivity contribution is 8.00. The summed E-state index contributed by atoms with van der Waals surface area (Å²) in [5.41, 5.74) is 1.30. The van der Waals surface area contributed by atoms with Crippen molar-refractivity contribution in [3.05, 3.63) is 98.8 Å². The van der Waals surface area contributed by atoms with Crippen LogP contribution in [0.3, 0.4) is 0 Å². The molecule has 1 unspecified atom stereocenters. The van der Waals surface area contributed by atoms with Crippen LogP contribution in [0.2, 0.25) is 10.0 Å². The summed E-state index contributed by atoms with van der Waals surface area (Å²) in [6.07, 6.45) is 0. The number of aliphatic hydroxyl groups is 1. The molecule has 1 aromatic heterocycles. The Hall–Kier alpha value is -3.64. The van der Waals surface area contributed by atoms with Crippen molar-refractivity contribution in [2.75, 3.05) is 18.1 Å². The van der Waals surface area contributed by atoms with Crippen molar-refractivity contribution in [3.8, 4) is 11.5 Å². The SMILES string of the molecule is CCOc1ccc(C2C(=C(O)c3ccc(F)cc3)C(=O)C(=O)N2c2nnc(SCc3ccc(Cl)cc3Cl)s2)cc1OCC. The number of benzene rings is 3. The van der Waals surface area contributed by atoms with E-state index in [-0.39, 0.29) is 16.3 Å². The van der Waals surface area contributed by atoms with Crippen molar-refractivity contribution in [1.29, 1.82) is 0 Å². The lowest BCUT2D eigenvalue weighted by atomic mass is 9.95. The van der Waals surface area contributed by atoms with Gasteiger partial charge in [-0.2, -0.15) is 0 Å². The van der Waals surface area contributed by atoms with Gasteiger partial charge in [0.15, 0.2) is 15.8 Å². The summed E-state index contributed by atoms with van der Waals surface area (Å²) in [6.45, 7) is 4.40. The molecule has 1 aliphatic rings. The van der Waals surface area contributed by atoms with Crippen molar-refractivity contribution in [2.45, 2.75) is 30.0 Å². The Bertz CT molecular complexity index is 1710. The van der Waals surface area contributed by atoms with Gasteiger partial charge in [-0.3, -0.25) is 14.5 Å². The monoisotopic (exact) mass is 659 g/mol. The maximum absolute atomic E-state index is 13.6. The molecule has 1 aliphatic heterocycles. The Kier molecular flexibility index (Phi) is 9.55. The smallest absolute Gasteiger partial charge is 0.301 e. The van der Waals surface area contributed by atoms with Crippen LogP contribution >= 0.6 is 46.3 Å². The Labute approximate surface area is 265 Å². The van der Waals surface area contributed by atoms with Crippen LogP contribution in [0.25, 0.3) is 5.76 Å². The lowest BCUT2D eigenvalue weighted by molar-refractivity contribution is -0.132. The van der Waals surface area contributed by atoms with Crippen molar-refractivity contribution in [3.63, 3.8) is 0 Å². The van der Waals surface area contributed by atoms with Crippen LogP contribution in [0.4, 0.5) is 9.52 Å². The molecule has 1 N–H and O–H groups in total. The van der Waals surface area contributed by atoms with E-state index in [4.69, 9.17) is 32.7 Å². The van der Waals surface area contributed by atoms with Gasteiger partial charge in [-0.05, 0) is 73.5 Å². The van der Waals surface area contributed by atoms with Gasteiger partial charge in [-0.1, -0.05) is 58.4 Å². The lowest BCUT2D eigenvalue weighted by Gasteiger charge is -2.23. The van der Waals surface area contributed by atoms with Crippen LogP contribution in [0.1, 0.15) is 36.6 Å². The number of thioether (sulfide) groups is 1. The molecule has 3 aromatic carbocycles. The number of hydrogen-bond acceptors (Lipinski definition) is 9. The van der Waals surface area contributed by atoms with Gasteiger partial charge in [-0.15, -0.1) is 10.2 Å². The summed E-state index contributed by atoms with van der Waals surface area (Å²) in [5.74, 6) is -1.42. The maximum Gasteiger partial charge on any atom is 0.301 e. The van der Waals surface area contributed by atoms with E-state index >= 15 is 0 Å². The van der Waals surface area contributed by atoms with Gasteiger partial charge < -0.3 is 14.6 Å². The molecule has 1 amide bonds. The summed E-state index contributed by atoms with van der Waals surface area (Å²) in [7, 11) is 0. The number of halogens is 3. The maximum atomic E-state index is 13.6. The lowest BCUT2D eigenvalue weighted by Crippen LogP contribution is -2.29. The number of hydrogen-bond donors (Lipinski definition) is 1. The normalized spacial score (nSPS) is 16.1. The number of carbonyl (C=O) groups is 2. The number of aromatic nitrogens is 2. The molecule has 0 bridgehead atoms. The highest BCUT2D eigenvalue weighted by Gasteiger charge is 2.48. The van der Waals surface area contributed by atoms with Crippen LogP contribution in [0, 0.1) is 5.82 Å². The largest absolute Gasteiger partial charge is 0.507 e. The zero-order chi connectivity index (χ0) is 30.7. The first kappa shape index (κ1) is 30.8. The third-order valence-electron chi connectivity index (χ3n) is 6.41. The topological polar surface area (TPSA) is 102 Å². The first-order chi connectivity index (χ1) is 20.7. The second-order valence-electron chi connectivity index (χ2n) is 9.12. The van der Waals surface area contributed by atoms with Gasteiger partial charge in [0.05, 0.1) is 24.8 Å². The average molecular weight is 661 g/mol. The minimum Gasteiger partial charge on any atom is -0.507 e. The van der Waals surface area contributed by atoms with Crippen LogP contribution < -0.4 is 14.4 Å². The van der Waals surface area contributed by atoms with Gasteiger partial charge in [0, 0.05) is 21.4 Å². The molecule has 2 heterocycles. The van der Waals surface area contributed by atoms with Gasteiger partial charge in [0.1, 0.15) is 11.6 Å². The van der Waals surface area contributed by atoms with E-state index in [0.717, 1.165) is 29.0 Å². The third kappa shape index (κ3) is 6.50. The Balaban J connectivity index is 1.57. The Morgan fingerprint density at radius 3 is 2.42 bits per heavy atom. The fraction of sp³-hybridized carbons (Fsp3) is 0.200. The van der Waals surface area contributed by atoms with E-state index < -0.39 is 29.3 Å². The molecular weight excluding hydrogens is 636 g/mol. The standard InChI is InChI=1S/C30H24Cl2FN3O5S2/c1-3-40-22-12-8-17(13-23(22)41-4-2)25-24(26(37)16-6-10-20(33)11-7-16)27(38)28(39)36(25)29-34-35-30(43-29)42-15-18-5-9-19(31)14-21(18)32/h5-14,25,37H,3-4,15H2,1-2H3. The molecule has 1 fully saturated rings. The third-order valence-corrected chi connectivity index (χ3v) is 9.11. The van der Waals surface area contributed by atoms with Crippen LogP contribution in [0.15, 0.2) is 70.6 Å². The van der Waals surface area contributed by atoms with E-state index in [1.165, 1.54) is 28.8 Å². The number of carbonyl (C=O) groups excluding carboxylic acids is 2. The number of anilines is 1. The molecule has 0 spiro atoms. The number of Topliss-reactive ketones (excluding diaryl/α,β-unsaturated/α-hetero) is 1. The number of nitrogens with zero attached hydrogens (tertiary/aromatic N) is 3. The van der Waals surface area contributed by atoms with Gasteiger partial charge in [0.25, 0.3) is 5.78 Å². The predicted octanol–water partition coefficient (Wildman–Crippen LogP) is 7.70. The van der Waals surface area contributed by atoms with Crippen molar-refractivity contribution >= 4 is 68.9 Å². The number of aliphatic hydroxyl groups excluding tert-OH is 1. The minimum absolute atomic E-state index is 0.154. The molecule has 0 saturated carbocycles. The van der Waals surface area contributed by atoms with Gasteiger partial charge >= 0.3 is 5.91 Å². The quantitative estimate of drug-likeness (QED) is 0.0607.